The van der Waals surface area contributed by atoms with Crippen molar-refractivity contribution < 1.29 is 14.3 Å². The zero-order valence-corrected chi connectivity index (χ0v) is 13.8. The zero-order valence-electron chi connectivity index (χ0n) is 13.8. The molecule has 0 unspecified atom stereocenters. The molecule has 2 aromatic heterocycles. The molecule has 3 aromatic rings. The second kappa shape index (κ2) is 7.00. The lowest BCUT2D eigenvalue weighted by atomic mass is 10.2. The van der Waals surface area contributed by atoms with E-state index in [0.717, 1.165) is 11.3 Å². The van der Waals surface area contributed by atoms with Crippen LogP contribution in [0.3, 0.4) is 0 Å². The van der Waals surface area contributed by atoms with Gasteiger partial charge in [0.25, 0.3) is 5.91 Å². The van der Waals surface area contributed by atoms with Gasteiger partial charge in [-0.25, -0.2) is 14.5 Å². The van der Waals surface area contributed by atoms with E-state index in [1.54, 1.807) is 23.9 Å². The SMILES string of the molecule is CCOC(=O)c1cnc(NC(=O)c2ccn(-c3ccccc3C)n2)[nH]1. The molecule has 0 aliphatic carbocycles. The zero-order chi connectivity index (χ0) is 17.8. The number of H-pyrrole nitrogens is 1. The highest BCUT2D eigenvalue weighted by Crippen LogP contribution is 2.13. The third-order valence-corrected chi connectivity index (χ3v) is 3.49. The Bertz CT molecular complexity index is 912. The first-order chi connectivity index (χ1) is 12.1. The highest BCUT2D eigenvalue weighted by Gasteiger charge is 2.15. The number of hydrogen-bond acceptors (Lipinski definition) is 5. The summed E-state index contributed by atoms with van der Waals surface area (Å²) in [7, 11) is 0. The molecule has 0 fully saturated rings. The third kappa shape index (κ3) is 3.57. The first-order valence-corrected chi connectivity index (χ1v) is 7.73. The number of nitrogens with one attached hydrogen (secondary N) is 2. The van der Waals surface area contributed by atoms with E-state index >= 15 is 0 Å². The van der Waals surface area contributed by atoms with Crippen LogP contribution in [0.4, 0.5) is 5.95 Å². The number of hydrogen-bond donors (Lipinski definition) is 2. The lowest BCUT2D eigenvalue weighted by Crippen LogP contribution is -2.14. The minimum atomic E-state index is -0.528. The Morgan fingerprint density at radius 3 is 2.84 bits per heavy atom. The molecule has 2 heterocycles. The smallest absolute Gasteiger partial charge is 0.356 e. The number of para-hydroxylation sites is 1. The Balaban J connectivity index is 1.72. The second-order valence-electron chi connectivity index (χ2n) is 5.25. The van der Waals surface area contributed by atoms with Crippen molar-refractivity contribution in [2.75, 3.05) is 11.9 Å². The van der Waals surface area contributed by atoms with Crippen LogP contribution in [0.5, 0.6) is 0 Å². The summed E-state index contributed by atoms with van der Waals surface area (Å²) in [5.74, 6) is -0.810. The van der Waals surface area contributed by atoms with Crippen molar-refractivity contribution in [2.45, 2.75) is 13.8 Å². The molecule has 128 valence electrons. The van der Waals surface area contributed by atoms with Gasteiger partial charge < -0.3 is 9.72 Å². The van der Waals surface area contributed by atoms with Crippen molar-refractivity contribution >= 4 is 17.8 Å². The lowest BCUT2D eigenvalue weighted by Gasteiger charge is -2.04. The molecule has 0 saturated heterocycles. The van der Waals surface area contributed by atoms with E-state index in [2.05, 4.69) is 20.4 Å². The number of aromatic nitrogens is 4. The highest BCUT2D eigenvalue weighted by atomic mass is 16.5. The molecule has 0 atom stereocenters. The molecule has 0 spiro atoms. The molecule has 8 nitrogen and oxygen atoms in total. The van der Waals surface area contributed by atoms with E-state index in [-0.39, 0.29) is 23.9 Å². The molecule has 0 aliphatic heterocycles. The maximum Gasteiger partial charge on any atom is 0.356 e. The molecule has 0 aliphatic rings. The molecule has 2 N–H and O–H groups in total. The predicted octanol–water partition coefficient (Wildman–Crippen LogP) is 2.33. The quantitative estimate of drug-likeness (QED) is 0.695. The van der Waals surface area contributed by atoms with Gasteiger partial charge in [0.05, 0.1) is 18.5 Å². The number of carbonyl (C=O) groups is 2. The lowest BCUT2D eigenvalue weighted by molar-refractivity contribution is 0.0520. The summed E-state index contributed by atoms with van der Waals surface area (Å²) in [5.41, 5.74) is 2.34. The molecule has 3 rings (SSSR count). The van der Waals surface area contributed by atoms with Crippen molar-refractivity contribution in [2.24, 2.45) is 0 Å². The number of aryl methyl sites for hydroxylation is 1. The number of ether oxygens (including phenoxy) is 1. The third-order valence-electron chi connectivity index (χ3n) is 3.49. The first kappa shape index (κ1) is 16.4. The van der Waals surface area contributed by atoms with Crippen LogP contribution in [0.1, 0.15) is 33.5 Å². The summed E-state index contributed by atoms with van der Waals surface area (Å²) in [6.07, 6.45) is 3.02. The van der Waals surface area contributed by atoms with Gasteiger partial charge in [-0.05, 0) is 31.5 Å². The normalized spacial score (nSPS) is 10.5. The van der Waals surface area contributed by atoms with Crippen LogP contribution < -0.4 is 5.32 Å². The fourth-order valence-corrected chi connectivity index (χ4v) is 2.27. The van der Waals surface area contributed by atoms with Crippen molar-refractivity contribution in [3.63, 3.8) is 0 Å². The number of rotatable bonds is 5. The minimum absolute atomic E-state index is 0.151. The van der Waals surface area contributed by atoms with Crippen molar-refractivity contribution in [1.29, 1.82) is 0 Å². The van der Waals surface area contributed by atoms with Crippen molar-refractivity contribution in [1.82, 2.24) is 19.7 Å². The van der Waals surface area contributed by atoms with E-state index in [0.29, 0.717) is 0 Å². The summed E-state index contributed by atoms with van der Waals surface area (Å²) >= 11 is 0. The summed E-state index contributed by atoms with van der Waals surface area (Å²) in [5, 5.41) is 6.85. The van der Waals surface area contributed by atoms with Gasteiger partial charge in [0.2, 0.25) is 5.95 Å². The monoisotopic (exact) mass is 339 g/mol. The topological polar surface area (TPSA) is 102 Å². The summed E-state index contributed by atoms with van der Waals surface area (Å²) in [4.78, 5) is 30.5. The average molecular weight is 339 g/mol. The number of aromatic amines is 1. The van der Waals surface area contributed by atoms with Crippen LogP contribution >= 0.6 is 0 Å². The Labute approximate surface area is 143 Å². The summed E-state index contributed by atoms with van der Waals surface area (Å²) in [6, 6.07) is 9.34. The minimum Gasteiger partial charge on any atom is -0.461 e. The maximum absolute atomic E-state index is 12.3. The predicted molar refractivity (Wildman–Crippen MR) is 90.8 cm³/mol. The van der Waals surface area contributed by atoms with Crippen LogP contribution in [-0.4, -0.2) is 38.2 Å². The van der Waals surface area contributed by atoms with Gasteiger partial charge in [-0.1, -0.05) is 18.2 Å². The Morgan fingerprint density at radius 1 is 1.28 bits per heavy atom. The summed E-state index contributed by atoms with van der Waals surface area (Å²) in [6.45, 7) is 3.94. The fraction of sp³-hybridized carbons (Fsp3) is 0.176. The summed E-state index contributed by atoms with van der Waals surface area (Å²) < 4.78 is 6.49. The Kier molecular flexibility index (Phi) is 4.60. The van der Waals surface area contributed by atoms with E-state index in [1.165, 1.54) is 6.20 Å². The van der Waals surface area contributed by atoms with Crippen molar-refractivity contribution in [3.05, 3.63) is 59.7 Å². The van der Waals surface area contributed by atoms with Crippen LogP contribution in [0.15, 0.2) is 42.7 Å². The molecule has 0 radical (unpaired) electrons. The molecular weight excluding hydrogens is 322 g/mol. The van der Waals surface area contributed by atoms with E-state index in [9.17, 15) is 9.59 Å². The van der Waals surface area contributed by atoms with Crippen LogP contribution in [0.2, 0.25) is 0 Å². The molecule has 0 bridgehead atoms. The standard InChI is InChI=1S/C17H17N5O3/c1-3-25-16(24)13-10-18-17(19-13)20-15(23)12-8-9-22(21-12)14-7-5-4-6-11(14)2/h4-10H,3H2,1-2H3,(H2,18,19,20,23). The second-order valence-corrected chi connectivity index (χ2v) is 5.25. The number of carbonyl (C=O) groups excluding carboxylic acids is 2. The van der Waals surface area contributed by atoms with Gasteiger partial charge in [-0.2, -0.15) is 5.10 Å². The van der Waals surface area contributed by atoms with E-state index < -0.39 is 11.9 Å². The van der Waals surface area contributed by atoms with Crippen LogP contribution in [0.25, 0.3) is 5.69 Å². The average Bonchev–Trinajstić information content (AvgIpc) is 3.25. The maximum atomic E-state index is 12.3. The van der Waals surface area contributed by atoms with E-state index in [1.807, 2.05) is 31.2 Å². The van der Waals surface area contributed by atoms with E-state index in [4.69, 9.17) is 4.74 Å². The Morgan fingerprint density at radius 2 is 2.08 bits per heavy atom. The number of anilines is 1. The largest absolute Gasteiger partial charge is 0.461 e. The number of imidazole rings is 1. The number of esters is 1. The highest BCUT2D eigenvalue weighted by molar-refractivity contribution is 6.02. The first-order valence-electron chi connectivity index (χ1n) is 7.73. The van der Waals surface area contributed by atoms with Crippen LogP contribution in [0, 0.1) is 6.92 Å². The number of nitrogens with zero attached hydrogens (tertiary/aromatic N) is 3. The van der Waals surface area contributed by atoms with Gasteiger partial charge in [0.1, 0.15) is 5.69 Å². The number of amides is 1. The van der Waals surface area contributed by atoms with Crippen LogP contribution in [-0.2, 0) is 4.74 Å². The van der Waals surface area contributed by atoms with Gasteiger partial charge in [-0.15, -0.1) is 0 Å². The molecular formula is C17H17N5O3. The van der Waals surface area contributed by atoms with Gasteiger partial charge in [0.15, 0.2) is 5.69 Å². The molecule has 25 heavy (non-hydrogen) atoms. The number of benzene rings is 1. The van der Waals surface area contributed by atoms with Gasteiger partial charge >= 0.3 is 5.97 Å². The molecule has 1 amide bonds. The molecule has 1 aromatic carbocycles. The molecule has 0 saturated carbocycles. The van der Waals surface area contributed by atoms with Gasteiger partial charge in [0, 0.05) is 6.20 Å². The van der Waals surface area contributed by atoms with Crippen molar-refractivity contribution in [3.8, 4) is 5.69 Å². The van der Waals surface area contributed by atoms with Gasteiger partial charge in [-0.3, -0.25) is 10.1 Å². The molecule has 8 heteroatoms. The fourth-order valence-electron chi connectivity index (χ4n) is 2.27. The Hall–Kier alpha value is -3.42.